The molecule has 0 saturated carbocycles. The molecule has 0 spiro atoms. The lowest BCUT2D eigenvalue weighted by molar-refractivity contribution is 0.103. The lowest BCUT2D eigenvalue weighted by atomic mass is 10.3. The van der Waals surface area contributed by atoms with Gasteiger partial charge in [-0.05, 0) is 13.3 Å². The van der Waals surface area contributed by atoms with Gasteiger partial charge in [0.15, 0.2) is 5.13 Å². The monoisotopic (exact) mass is 293 g/mol. The Balaban J connectivity index is 2.11. The van der Waals surface area contributed by atoms with Crippen LogP contribution in [0.4, 0.5) is 10.8 Å². The van der Waals surface area contributed by atoms with Crippen molar-refractivity contribution in [2.45, 2.75) is 26.8 Å². The van der Waals surface area contributed by atoms with Gasteiger partial charge < -0.3 is 10.2 Å². The van der Waals surface area contributed by atoms with Crippen LogP contribution < -0.4 is 10.2 Å². The third-order valence-electron chi connectivity index (χ3n) is 2.72. The van der Waals surface area contributed by atoms with Gasteiger partial charge in [0.2, 0.25) is 0 Å². The molecule has 7 heteroatoms. The van der Waals surface area contributed by atoms with Crippen LogP contribution in [0.1, 0.15) is 28.7 Å². The maximum Gasteiger partial charge on any atom is 0.267 e. The molecule has 20 heavy (non-hydrogen) atoms. The number of thiazole rings is 1. The highest BCUT2D eigenvalue weighted by Crippen LogP contribution is 2.25. The fraction of sp³-hybridized carbons (Fsp3) is 0.462. The number of rotatable bonds is 5. The van der Waals surface area contributed by atoms with E-state index in [1.54, 1.807) is 6.20 Å². The third-order valence-corrected chi connectivity index (χ3v) is 4.04. The van der Waals surface area contributed by atoms with Gasteiger partial charge in [0.25, 0.3) is 5.91 Å². The number of aromatic nitrogens is 3. The number of hydrogen-bond acceptors (Lipinski definition) is 5. The van der Waals surface area contributed by atoms with Crippen molar-refractivity contribution in [1.29, 1.82) is 0 Å². The predicted molar refractivity (Wildman–Crippen MR) is 81.6 cm³/mol. The fourth-order valence-electron chi connectivity index (χ4n) is 1.75. The number of carbonyl (C=O) groups is 1. The predicted octanol–water partition coefficient (Wildman–Crippen LogP) is 2.38. The smallest absolute Gasteiger partial charge is 0.267 e. The molecule has 0 aliphatic carbocycles. The van der Waals surface area contributed by atoms with Crippen LogP contribution in [0.15, 0.2) is 12.4 Å². The van der Waals surface area contributed by atoms with E-state index >= 15 is 0 Å². The molecule has 2 aromatic heterocycles. The number of amides is 1. The molecule has 2 heterocycles. The molecular formula is C13H19N5OS. The van der Waals surface area contributed by atoms with Crippen LogP contribution in [-0.4, -0.2) is 34.8 Å². The Bertz CT molecular complexity index is 602. The van der Waals surface area contributed by atoms with Gasteiger partial charge in [-0.25, -0.2) is 4.98 Å². The molecular weight excluding hydrogens is 274 g/mol. The van der Waals surface area contributed by atoms with E-state index in [1.165, 1.54) is 11.3 Å². The Morgan fingerprint density at radius 1 is 1.50 bits per heavy atom. The van der Waals surface area contributed by atoms with Crippen molar-refractivity contribution in [3.63, 3.8) is 0 Å². The van der Waals surface area contributed by atoms with Crippen LogP contribution in [0.2, 0.25) is 0 Å². The minimum atomic E-state index is -0.135. The summed E-state index contributed by atoms with van der Waals surface area (Å²) in [5.41, 5.74) is 1.46. The first-order valence-electron chi connectivity index (χ1n) is 6.49. The van der Waals surface area contributed by atoms with Gasteiger partial charge in [0, 0.05) is 26.8 Å². The Labute approximate surface area is 122 Å². The lowest BCUT2D eigenvalue weighted by Crippen LogP contribution is -2.11. The largest absolute Gasteiger partial charge is 0.354 e. The molecule has 0 saturated heterocycles. The first kappa shape index (κ1) is 14.5. The first-order valence-corrected chi connectivity index (χ1v) is 7.31. The van der Waals surface area contributed by atoms with Crippen molar-refractivity contribution in [3.8, 4) is 0 Å². The molecule has 1 amide bonds. The molecule has 0 aliphatic rings. The topological polar surface area (TPSA) is 63.1 Å². The maximum absolute atomic E-state index is 12.2. The van der Waals surface area contributed by atoms with Crippen molar-refractivity contribution < 1.29 is 4.79 Å². The normalized spacial score (nSPS) is 10.6. The number of nitrogens with zero attached hydrogens (tertiary/aromatic N) is 4. The van der Waals surface area contributed by atoms with Crippen LogP contribution in [0.5, 0.6) is 0 Å². The summed E-state index contributed by atoms with van der Waals surface area (Å²) in [5, 5.41) is 7.88. The van der Waals surface area contributed by atoms with E-state index in [2.05, 4.69) is 22.3 Å². The average molecular weight is 293 g/mol. The summed E-state index contributed by atoms with van der Waals surface area (Å²) in [6.45, 7) is 4.78. The second kappa shape index (κ2) is 6.04. The Hall–Kier alpha value is -1.89. The van der Waals surface area contributed by atoms with Crippen LogP contribution >= 0.6 is 11.3 Å². The zero-order valence-corrected chi connectivity index (χ0v) is 13.0. The van der Waals surface area contributed by atoms with E-state index in [9.17, 15) is 4.79 Å². The van der Waals surface area contributed by atoms with E-state index in [4.69, 9.17) is 0 Å². The zero-order valence-electron chi connectivity index (χ0n) is 12.2. The average Bonchev–Trinajstić information content (AvgIpc) is 2.96. The zero-order chi connectivity index (χ0) is 14.7. The highest BCUT2D eigenvalue weighted by atomic mass is 32.1. The molecule has 0 fully saturated rings. The van der Waals surface area contributed by atoms with Gasteiger partial charge in [-0.2, -0.15) is 5.10 Å². The highest BCUT2D eigenvalue weighted by Gasteiger charge is 2.16. The molecule has 0 atom stereocenters. The van der Waals surface area contributed by atoms with Gasteiger partial charge in [-0.15, -0.1) is 0 Å². The van der Waals surface area contributed by atoms with Crippen LogP contribution in [0, 0.1) is 6.92 Å². The third kappa shape index (κ3) is 3.16. The molecule has 0 aromatic carbocycles. The quantitative estimate of drug-likeness (QED) is 0.919. The Morgan fingerprint density at radius 3 is 2.85 bits per heavy atom. The van der Waals surface area contributed by atoms with Crippen molar-refractivity contribution in [1.82, 2.24) is 14.8 Å². The minimum Gasteiger partial charge on any atom is -0.354 e. The van der Waals surface area contributed by atoms with Gasteiger partial charge >= 0.3 is 0 Å². The fourth-order valence-corrected chi connectivity index (χ4v) is 2.64. The highest BCUT2D eigenvalue weighted by molar-refractivity contribution is 7.17. The molecule has 0 radical (unpaired) electrons. The second-order valence-electron chi connectivity index (χ2n) is 4.75. The summed E-state index contributed by atoms with van der Waals surface area (Å²) in [7, 11) is 3.82. The van der Waals surface area contributed by atoms with E-state index in [1.807, 2.05) is 36.8 Å². The second-order valence-corrected chi connectivity index (χ2v) is 5.73. The molecule has 6 nitrogen and oxygen atoms in total. The lowest BCUT2D eigenvalue weighted by Gasteiger charge is -2.05. The number of hydrogen-bond donors (Lipinski definition) is 1. The summed E-state index contributed by atoms with van der Waals surface area (Å²) >= 11 is 1.39. The molecule has 2 rings (SSSR count). The summed E-state index contributed by atoms with van der Waals surface area (Å²) in [5.74, 6) is -0.135. The summed E-state index contributed by atoms with van der Waals surface area (Å²) in [6.07, 6.45) is 4.51. The molecule has 0 bridgehead atoms. The van der Waals surface area contributed by atoms with E-state index in [0.29, 0.717) is 10.6 Å². The molecule has 0 aliphatic heterocycles. The van der Waals surface area contributed by atoms with Gasteiger partial charge in [0.1, 0.15) is 4.88 Å². The van der Waals surface area contributed by atoms with Crippen LogP contribution in [-0.2, 0) is 6.54 Å². The summed E-state index contributed by atoms with van der Waals surface area (Å²) < 4.78 is 1.82. The van der Waals surface area contributed by atoms with Crippen LogP contribution in [0.3, 0.4) is 0 Å². The van der Waals surface area contributed by atoms with E-state index < -0.39 is 0 Å². The van der Waals surface area contributed by atoms with Crippen molar-refractivity contribution in [2.75, 3.05) is 24.3 Å². The number of carbonyl (C=O) groups excluding carboxylic acids is 1. The van der Waals surface area contributed by atoms with Gasteiger partial charge in [-0.1, -0.05) is 18.3 Å². The van der Waals surface area contributed by atoms with Crippen molar-refractivity contribution in [2.24, 2.45) is 0 Å². The number of anilines is 2. The molecule has 0 unspecified atom stereocenters. The first-order chi connectivity index (χ1) is 9.51. The van der Waals surface area contributed by atoms with Gasteiger partial charge in [0.05, 0.1) is 17.6 Å². The molecule has 1 N–H and O–H groups in total. The Morgan fingerprint density at radius 2 is 2.25 bits per heavy atom. The molecule has 108 valence electrons. The number of aryl methyl sites for hydroxylation is 2. The van der Waals surface area contributed by atoms with Gasteiger partial charge in [-0.3, -0.25) is 9.48 Å². The van der Waals surface area contributed by atoms with E-state index in [-0.39, 0.29) is 5.91 Å². The maximum atomic E-state index is 12.2. The van der Waals surface area contributed by atoms with Crippen molar-refractivity contribution in [3.05, 3.63) is 23.0 Å². The standard InChI is InChI=1S/C13H19N5OS/c1-5-6-18-8-10(7-14-18)16-12(19)11-9(2)15-13(20-11)17(3)4/h7-8H,5-6H2,1-4H3,(H,16,19). The van der Waals surface area contributed by atoms with Crippen LogP contribution in [0.25, 0.3) is 0 Å². The van der Waals surface area contributed by atoms with E-state index in [0.717, 1.165) is 23.8 Å². The Kier molecular flexibility index (Phi) is 4.39. The summed E-state index contributed by atoms with van der Waals surface area (Å²) in [4.78, 5) is 19.1. The number of nitrogens with one attached hydrogen (secondary N) is 1. The van der Waals surface area contributed by atoms with Crippen molar-refractivity contribution >= 4 is 28.1 Å². The SMILES string of the molecule is CCCn1cc(NC(=O)c2sc(N(C)C)nc2C)cn1. The summed E-state index contributed by atoms with van der Waals surface area (Å²) in [6, 6.07) is 0. The molecule has 2 aromatic rings. The minimum absolute atomic E-state index is 0.135.